The zero-order valence-electron chi connectivity index (χ0n) is 12.5. The summed E-state index contributed by atoms with van der Waals surface area (Å²) in [7, 11) is 0. The third kappa shape index (κ3) is 5.74. The fraction of sp³-hybridized carbons (Fsp3) is 0.692. The number of nitrogen functional groups attached to an aromatic ring is 1. The molecule has 0 bridgehead atoms. The number of nitrogens with zero attached hydrogens (tertiary/aromatic N) is 3. The van der Waals surface area contributed by atoms with E-state index in [0.717, 1.165) is 18.8 Å². The average molecular weight is 322 g/mol. The lowest BCUT2D eigenvalue weighted by atomic mass is 10.0. The van der Waals surface area contributed by atoms with Gasteiger partial charge in [-0.2, -0.15) is 13.2 Å². The molecular weight excluding hydrogens is 301 g/mol. The van der Waals surface area contributed by atoms with E-state index < -0.39 is 24.1 Å². The van der Waals surface area contributed by atoms with Crippen LogP contribution in [0.15, 0.2) is 12.3 Å². The fourth-order valence-corrected chi connectivity index (χ4v) is 1.94. The minimum atomic E-state index is -4.45. The Morgan fingerprint density at radius 1 is 1.32 bits per heavy atom. The van der Waals surface area contributed by atoms with E-state index in [1.54, 1.807) is 0 Å². The second kappa shape index (κ2) is 7.70. The van der Waals surface area contributed by atoms with Crippen molar-refractivity contribution in [3.8, 4) is 0 Å². The first-order valence-corrected chi connectivity index (χ1v) is 6.87. The van der Waals surface area contributed by atoms with Crippen molar-refractivity contribution in [3.05, 3.63) is 18.0 Å². The molecule has 4 N–H and O–H groups in total. The van der Waals surface area contributed by atoms with Gasteiger partial charge in [0.15, 0.2) is 0 Å². The number of aromatic nitrogens is 2. The van der Waals surface area contributed by atoms with E-state index in [1.807, 2.05) is 0 Å². The molecule has 0 aliphatic carbocycles. The van der Waals surface area contributed by atoms with Crippen molar-refractivity contribution in [3.63, 3.8) is 0 Å². The van der Waals surface area contributed by atoms with Crippen molar-refractivity contribution < 1.29 is 23.4 Å². The molecule has 0 aromatic carbocycles. The lowest BCUT2D eigenvalue weighted by molar-refractivity contribution is -0.141. The van der Waals surface area contributed by atoms with E-state index in [-0.39, 0.29) is 5.95 Å². The number of halogens is 3. The van der Waals surface area contributed by atoms with Gasteiger partial charge in [-0.1, -0.05) is 0 Å². The molecule has 1 aromatic rings. The van der Waals surface area contributed by atoms with Gasteiger partial charge in [0, 0.05) is 25.3 Å². The molecular formula is C13H21F3N4O2. The second-order valence-corrected chi connectivity index (χ2v) is 5.31. The van der Waals surface area contributed by atoms with Gasteiger partial charge in [0.05, 0.1) is 12.2 Å². The van der Waals surface area contributed by atoms with Gasteiger partial charge >= 0.3 is 6.18 Å². The van der Waals surface area contributed by atoms with E-state index in [1.165, 1.54) is 0 Å². The SMILES string of the molecule is CC(C)N1CCC(O)C(O)C1.Nc1nccc(C(F)(F)F)n1. The smallest absolute Gasteiger partial charge is 0.390 e. The molecule has 2 heterocycles. The summed E-state index contributed by atoms with van der Waals surface area (Å²) >= 11 is 0. The zero-order valence-corrected chi connectivity index (χ0v) is 12.5. The number of piperidine rings is 1. The lowest BCUT2D eigenvalue weighted by Crippen LogP contribution is -2.49. The summed E-state index contributed by atoms with van der Waals surface area (Å²) in [6, 6.07) is 1.23. The highest BCUT2D eigenvalue weighted by Crippen LogP contribution is 2.26. The molecule has 6 nitrogen and oxygen atoms in total. The number of aliphatic hydroxyl groups is 2. The predicted molar refractivity (Wildman–Crippen MR) is 74.8 cm³/mol. The van der Waals surface area contributed by atoms with Crippen LogP contribution < -0.4 is 5.73 Å². The minimum Gasteiger partial charge on any atom is -0.390 e. The molecule has 0 amide bonds. The number of alkyl halides is 3. The molecule has 22 heavy (non-hydrogen) atoms. The quantitative estimate of drug-likeness (QED) is 0.711. The number of anilines is 1. The first-order chi connectivity index (χ1) is 10.1. The average Bonchev–Trinajstić information content (AvgIpc) is 2.41. The van der Waals surface area contributed by atoms with Crippen molar-refractivity contribution in [1.82, 2.24) is 14.9 Å². The number of hydrogen-bond acceptors (Lipinski definition) is 6. The number of aliphatic hydroxyl groups excluding tert-OH is 2. The molecule has 1 aliphatic heterocycles. The molecule has 1 aromatic heterocycles. The molecule has 126 valence electrons. The van der Waals surface area contributed by atoms with Crippen molar-refractivity contribution in [2.45, 2.75) is 44.7 Å². The van der Waals surface area contributed by atoms with Crippen LogP contribution in [0, 0.1) is 0 Å². The second-order valence-electron chi connectivity index (χ2n) is 5.31. The highest BCUT2D eigenvalue weighted by molar-refractivity contribution is 5.18. The van der Waals surface area contributed by atoms with Crippen LogP contribution in [0.5, 0.6) is 0 Å². The van der Waals surface area contributed by atoms with Gasteiger partial charge in [-0.05, 0) is 26.3 Å². The van der Waals surface area contributed by atoms with E-state index in [0.29, 0.717) is 19.0 Å². The van der Waals surface area contributed by atoms with Crippen LogP contribution in [0.25, 0.3) is 0 Å². The summed E-state index contributed by atoms with van der Waals surface area (Å²) in [6.07, 6.45) is -3.85. The first kappa shape index (κ1) is 18.6. The van der Waals surface area contributed by atoms with Gasteiger partial charge in [-0.25, -0.2) is 9.97 Å². The topological polar surface area (TPSA) is 95.5 Å². The van der Waals surface area contributed by atoms with Crippen LogP contribution in [0.4, 0.5) is 19.1 Å². The van der Waals surface area contributed by atoms with Crippen molar-refractivity contribution in [1.29, 1.82) is 0 Å². The molecule has 2 unspecified atom stereocenters. The Labute approximate surface area is 126 Å². The third-order valence-electron chi connectivity index (χ3n) is 3.27. The zero-order chi connectivity index (χ0) is 16.9. The van der Waals surface area contributed by atoms with Gasteiger partial charge in [0.25, 0.3) is 0 Å². The van der Waals surface area contributed by atoms with Crippen LogP contribution in [0.3, 0.4) is 0 Å². The Morgan fingerprint density at radius 3 is 2.36 bits per heavy atom. The Balaban J connectivity index is 0.000000220. The lowest BCUT2D eigenvalue weighted by Gasteiger charge is -2.35. The molecule has 2 atom stereocenters. The Hall–Kier alpha value is -1.45. The van der Waals surface area contributed by atoms with E-state index in [4.69, 9.17) is 5.73 Å². The minimum absolute atomic E-state index is 0.375. The number of β-amino-alcohol motifs (C(OH)–C–C–N with tert-alkyl or cyclic N) is 1. The van der Waals surface area contributed by atoms with E-state index in [9.17, 15) is 23.4 Å². The monoisotopic (exact) mass is 322 g/mol. The van der Waals surface area contributed by atoms with Crippen LogP contribution in [0.1, 0.15) is 26.0 Å². The van der Waals surface area contributed by atoms with Gasteiger partial charge in [0.2, 0.25) is 5.95 Å². The maximum Gasteiger partial charge on any atom is 0.433 e. The first-order valence-electron chi connectivity index (χ1n) is 6.87. The maximum absolute atomic E-state index is 11.8. The highest BCUT2D eigenvalue weighted by Gasteiger charge is 2.32. The Bertz CT molecular complexity index is 471. The number of rotatable bonds is 1. The summed E-state index contributed by atoms with van der Waals surface area (Å²) in [5, 5.41) is 18.5. The number of nitrogens with two attached hydrogens (primary N) is 1. The summed E-state index contributed by atoms with van der Waals surface area (Å²) < 4.78 is 35.5. The third-order valence-corrected chi connectivity index (χ3v) is 3.27. The normalized spacial score (nSPS) is 23.1. The molecule has 0 radical (unpaired) electrons. The molecule has 2 rings (SSSR count). The summed E-state index contributed by atoms with van der Waals surface area (Å²) in [5.41, 5.74) is 3.91. The van der Waals surface area contributed by atoms with Crippen molar-refractivity contribution in [2.75, 3.05) is 18.8 Å². The van der Waals surface area contributed by atoms with Crippen molar-refractivity contribution in [2.24, 2.45) is 0 Å². The molecule has 0 saturated carbocycles. The van der Waals surface area contributed by atoms with Gasteiger partial charge in [-0.15, -0.1) is 0 Å². The Morgan fingerprint density at radius 2 is 1.95 bits per heavy atom. The van der Waals surface area contributed by atoms with Gasteiger partial charge in [0.1, 0.15) is 5.69 Å². The van der Waals surface area contributed by atoms with Crippen LogP contribution in [0.2, 0.25) is 0 Å². The summed E-state index contributed by atoms with van der Waals surface area (Å²) in [4.78, 5) is 8.48. The largest absolute Gasteiger partial charge is 0.433 e. The standard InChI is InChI=1S/C8H17NO2.C5H4F3N3/c1-6(2)9-4-3-7(10)8(11)5-9;6-5(7,8)3-1-2-10-4(9)11-3/h6-8,10-11H,3-5H2,1-2H3;1-2H,(H2,9,10,11). The van der Waals surface area contributed by atoms with E-state index >= 15 is 0 Å². The maximum atomic E-state index is 11.8. The summed E-state index contributed by atoms with van der Waals surface area (Å²) in [5.74, 6) is -0.375. The van der Waals surface area contributed by atoms with E-state index in [2.05, 4.69) is 28.7 Å². The molecule has 9 heteroatoms. The molecule has 1 aliphatic rings. The number of hydrogen-bond donors (Lipinski definition) is 3. The molecule has 1 fully saturated rings. The fourth-order valence-electron chi connectivity index (χ4n) is 1.94. The van der Waals surface area contributed by atoms with Crippen molar-refractivity contribution >= 4 is 5.95 Å². The number of likely N-dealkylation sites (tertiary alicyclic amines) is 1. The van der Waals surface area contributed by atoms with Crippen LogP contribution >= 0.6 is 0 Å². The summed E-state index contributed by atoms with van der Waals surface area (Å²) in [6.45, 7) is 5.71. The van der Waals surface area contributed by atoms with Gasteiger partial charge in [-0.3, -0.25) is 4.90 Å². The molecule has 0 spiro atoms. The Kier molecular flexibility index (Phi) is 6.51. The highest BCUT2D eigenvalue weighted by atomic mass is 19.4. The van der Waals surface area contributed by atoms with Gasteiger partial charge < -0.3 is 15.9 Å². The predicted octanol–water partition coefficient (Wildman–Crippen LogP) is 0.900. The van der Waals surface area contributed by atoms with Crippen LogP contribution in [-0.4, -0.2) is 56.4 Å². The molecule has 1 saturated heterocycles. The van der Waals surface area contributed by atoms with Crippen LogP contribution in [-0.2, 0) is 6.18 Å².